The van der Waals surface area contributed by atoms with Crippen molar-refractivity contribution in [3.8, 4) is 5.75 Å². The zero-order valence-electron chi connectivity index (χ0n) is 20.8. The quantitative estimate of drug-likeness (QED) is 0.370. The molecule has 0 aliphatic carbocycles. The molecule has 1 atom stereocenters. The van der Waals surface area contributed by atoms with Crippen molar-refractivity contribution in [3.05, 3.63) is 99.0 Å². The third kappa shape index (κ3) is 7.43. The van der Waals surface area contributed by atoms with Crippen molar-refractivity contribution in [2.45, 2.75) is 46.7 Å². The Hall–Kier alpha value is -3.12. The SMILES string of the molecule is CCNC(=O)[C@H](Cc1ccccc1)N(Cc1cccc(Br)c1)C(=O)COc1cc(C)cc(C)c1C. The van der Waals surface area contributed by atoms with E-state index in [1.807, 2.05) is 88.4 Å². The molecule has 0 fully saturated rings. The highest BCUT2D eigenvalue weighted by Gasteiger charge is 2.30. The molecule has 0 aromatic heterocycles. The van der Waals surface area contributed by atoms with Crippen LogP contribution >= 0.6 is 15.9 Å². The van der Waals surface area contributed by atoms with Crippen molar-refractivity contribution in [1.82, 2.24) is 10.2 Å². The molecule has 0 unspecified atom stereocenters. The van der Waals surface area contributed by atoms with Gasteiger partial charge in [-0.05, 0) is 73.7 Å². The lowest BCUT2D eigenvalue weighted by atomic mass is 10.0. The number of carbonyl (C=O) groups excluding carboxylic acids is 2. The van der Waals surface area contributed by atoms with Gasteiger partial charge in [-0.25, -0.2) is 0 Å². The molecule has 6 heteroatoms. The van der Waals surface area contributed by atoms with E-state index in [9.17, 15) is 9.59 Å². The summed E-state index contributed by atoms with van der Waals surface area (Å²) in [6.07, 6.45) is 0.412. The van der Waals surface area contributed by atoms with Crippen molar-refractivity contribution in [2.75, 3.05) is 13.2 Å². The number of benzene rings is 3. The second kappa shape index (κ2) is 12.5. The molecule has 35 heavy (non-hydrogen) atoms. The Morgan fingerprint density at radius 3 is 2.37 bits per heavy atom. The molecule has 3 aromatic carbocycles. The third-order valence-corrected chi connectivity index (χ3v) is 6.47. The van der Waals surface area contributed by atoms with Gasteiger partial charge in [0.1, 0.15) is 11.8 Å². The number of nitrogens with one attached hydrogen (secondary N) is 1. The summed E-state index contributed by atoms with van der Waals surface area (Å²) in [6, 6.07) is 20.9. The van der Waals surface area contributed by atoms with Gasteiger partial charge in [0, 0.05) is 24.0 Å². The number of aryl methyl sites for hydroxylation is 2. The zero-order chi connectivity index (χ0) is 25.4. The van der Waals surface area contributed by atoms with E-state index in [2.05, 4.69) is 27.3 Å². The van der Waals surface area contributed by atoms with Crippen LogP contribution in [0.15, 0.2) is 71.2 Å². The number of halogens is 1. The van der Waals surface area contributed by atoms with Crippen LogP contribution in [-0.4, -0.2) is 35.9 Å². The predicted molar refractivity (Wildman–Crippen MR) is 143 cm³/mol. The molecule has 0 bridgehead atoms. The number of likely N-dealkylation sites (N-methyl/N-ethyl adjacent to an activating group) is 1. The summed E-state index contributed by atoms with van der Waals surface area (Å²) in [5.41, 5.74) is 5.11. The summed E-state index contributed by atoms with van der Waals surface area (Å²) < 4.78 is 6.93. The molecule has 0 heterocycles. The number of hydrogen-bond donors (Lipinski definition) is 1. The summed E-state index contributed by atoms with van der Waals surface area (Å²) in [7, 11) is 0. The molecule has 3 aromatic rings. The highest BCUT2D eigenvalue weighted by atomic mass is 79.9. The molecular weight excluding hydrogens is 504 g/mol. The van der Waals surface area contributed by atoms with Gasteiger partial charge in [0.25, 0.3) is 5.91 Å². The fraction of sp³-hybridized carbons (Fsp3) is 0.310. The lowest BCUT2D eigenvalue weighted by Gasteiger charge is -2.31. The summed E-state index contributed by atoms with van der Waals surface area (Å²) in [6.45, 7) is 8.53. The van der Waals surface area contributed by atoms with Crippen LogP contribution < -0.4 is 10.1 Å². The van der Waals surface area contributed by atoms with Crippen LogP contribution in [-0.2, 0) is 22.6 Å². The van der Waals surface area contributed by atoms with Crippen molar-refractivity contribution < 1.29 is 14.3 Å². The van der Waals surface area contributed by atoms with Gasteiger partial charge in [0.15, 0.2) is 6.61 Å². The van der Waals surface area contributed by atoms with Gasteiger partial charge >= 0.3 is 0 Å². The minimum atomic E-state index is -0.673. The Labute approximate surface area is 216 Å². The van der Waals surface area contributed by atoms with Crippen molar-refractivity contribution >= 4 is 27.7 Å². The van der Waals surface area contributed by atoms with Crippen LogP contribution in [0.1, 0.15) is 34.7 Å². The first kappa shape index (κ1) is 26.5. The average Bonchev–Trinajstić information content (AvgIpc) is 2.83. The van der Waals surface area contributed by atoms with E-state index in [0.717, 1.165) is 32.3 Å². The minimum absolute atomic E-state index is 0.150. The third-order valence-electron chi connectivity index (χ3n) is 5.98. The highest BCUT2D eigenvalue weighted by molar-refractivity contribution is 9.10. The number of nitrogens with zero attached hydrogens (tertiary/aromatic N) is 1. The molecule has 1 N–H and O–H groups in total. The number of carbonyl (C=O) groups is 2. The molecule has 0 saturated carbocycles. The van der Waals surface area contributed by atoms with Crippen LogP contribution in [0.2, 0.25) is 0 Å². The number of rotatable bonds is 10. The summed E-state index contributed by atoms with van der Waals surface area (Å²) in [5.74, 6) is 0.272. The van der Waals surface area contributed by atoms with Crippen LogP contribution in [0.4, 0.5) is 0 Å². The molecule has 2 amide bonds. The van der Waals surface area contributed by atoms with Gasteiger partial charge in [-0.15, -0.1) is 0 Å². The van der Waals surface area contributed by atoms with Crippen molar-refractivity contribution in [3.63, 3.8) is 0 Å². The maximum absolute atomic E-state index is 13.6. The van der Waals surface area contributed by atoms with Crippen LogP contribution in [0.3, 0.4) is 0 Å². The van der Waals surface area contributed by atoms with E-state index in [1.54, 1.807) is 4.90 Å². The maximum atomic E-state index is 13.6. The van der Waals surface area contributed by atoms with E-state index in [1.165, 1.54) is 0 Å². The molecule has 184 valence electrons. The standard InChI is InChI=1S/C29H33BrN2O3/c1-5-31-29(34)26(17-23-10-7-6-8-11-23)32(18-24-12-9-13-25(30)16-24)28(33)19-35-27-15-20(2)14-21(3)22(27)4/h6-16,26H,5,17-19H2,1-4H3,(H,31,34)/t26-/m0/s1. The lowest BCUT2D eigenvalue weighted by molar-refractivity contribution is -0.142. The molecule has 0 saturated heterocycles. The molecule has 0 aliphatic heterocycles. The molecule has 0 radical (unpaired) electrons. The normalized spacial score (nSPS) is 11.6. The summed E-state index contributed by atoms with van der Waals surface area (Å²) >= 11 is 3.51. The zero-order valence-corrected chi connectivity index (χ0v) is 22.4. The Bertz CT molecular complexity index is 1160. The van der Waals surface area contributed by atoms with Crippen LogP contribution in [0.5, 0.6) is 5.75 Å². The maximum Gasteiger partial charge on any atom is 0.261 e. The van der Waals surface area contributed by atoms with E-state index in [0.29, 0.717) is 25.3 Å². The summed E-state index contributed by atoms with van der Waals surface area (Å²) in [4.78, 5) is 28.5. The predicted octanol–water partition coefficient (Wildman–Crippen LogP) is 5.53. The van der Waals surface area contributed by atoms with Gasteiger partial charge in [-0.1, -0.05) is 64.5 Å². The Balaban J connectivity index is 1.92. The average molecular weight is 537 g/mol. The summed E-state index contributed by atoms with van der Waals surface area (Å²) in [5, 5.41) is 2.91. The minimum Gasteiger partial charge on any atom is -0.483 e. The van der Waals surface area contributed by atoms with Gasteiger partial charge < -0.3 is 15.0 Å². The fourth-order valence-corrected chi connectivity index (χ4v) is 4.50. The molecule has 0 aliphatic rings. The molecular formula is C29H33BrN2O3. The molecule has 3 rings (SSSR count). The first-order chi connectivity index (χ1) is 16.8. The second-order valence-corrected chi connectivity index (χ2v) is 9.66. The number of ether oxygens (including phenoxy) is 1. The van der Waals surface area contributed by atoms with E-state index in [-0.39, 0.29) is 18.4 Å². The Kier molecular flexibility index (Phi) is 9.49. The van der Waals surface area contributed by atoms with Gasteiger partial charge in [-0.2, -0.15) is 0 Å². The first-order valence-corrected chi connectivity index (χ1v) is 12.6. The smallest absolute Gasteiger partial charge is 0.261 e. The first-order valence-electron chi connectivity index (χ1n) is 11.8. The van der Waals surface area contributed by atoms with Crippen LogP contribution in [0, 0.1) is 20.8 Å². The second-order valence-electron chi connectivity index (χ2n) is 8.75. The Morgan fingerprint density at radius 1 is 0.971 bits per heavy atom. The number of amides is 2. The Morgan fingerprint density at radius 2 is 1.69 bits per heavy atom. The van der Waals surface area contributed by atoms with E-state index >= 15 is 0 Å². The molecule has 0 spiro atoms. The van der Waals surface area contributed by atoms with E-state index < -0.39 is 6.04 Å². The van der Waals surface area contributed by atoms with E-state index in [4.69, 9.17) is 4.74 Å². The lowest BCUT2D eigenvalue weighted by Crippen LogP contribution is -2.51. The fourth-order valence-electron chi connectivity index (χ4n) is 4.05. The monoisotopic (exact) mass is 536 g/mol. The molecule has 5 nitrogen and oxygen atoms in total. The largest absolute Gasteiger partial charge is 0.483 e. The topological polar surface area (TPSA) is 58.6 Å². The van der Waals surface area contributed by atoms with Crippen molar-refractivity contribution in [2.24, 2.45) is 0 Å². The number of hydrogen-bond acceptors (Lipinski definition) is 3. The van der Waals surface area contributed by atoms with Crippen LogP contribution in [0.25, 0.3) is 0 Å². The van der Waals surface area contributed by atoms with Gasteiger partial charge in [0.05, 0.1) is 0 Å². The highest BCUT2D eigenvalue weighted by Crippen LogP contribution is 2.24. The van der Waals surface area contributed by atoms with Gasteiger partial charge in [0.2, 0.25) is 5.91 Å². The van der Waals surface area contributed by atoms with Crippen molar-refractivity contribution in [1.29, 1.82) is 0 Å². The van der Waals surface area contributed by atoms with Gasteiger partial charge in [-0.3, -0.25) is 9.59 Å².